The van der Waals surface area contributed by atoms with Gasteiger partial charge in [-0.3, -0.25) is 18.8 Å². The smallest absolute Gasteiger partial charge is 0.296 e. The molecule has 0 unspecified atom stereocenters. The molecule has 0 N–H and O–H groups in total. The molecule has 0 saturated heterocycles. The highest BCUT2D eigenvalue weighted by Gasteiger charge is 2.23. The van der Waals surface area contributed by atoms with Crippen molar-refractivity contribution in [1.29, 1.82) is 0 Å². The van der Waals surface area contributed by atoms with Gasteiger partial charge in [0.05, 0.1) is 29.4 Å². The van der Waals surface area contributed by atoms with Gasteiger partial charge in [0.25, 0.3) is 11.1 Å². The van der Waals surface area contributed by atoms with Crippen molar-refractivity contribution in [2.75, 3.05) is 7.11 Å². The monoisotopic (exact) mass is 438 g/mol. The predicted molar refractivity (Wildman–Crippen MR) is 129 cm³/mol. The van der Waals surface area contributed by atoms with Gasteiger partial charge in [0.1, 0.15) is 17.3 Å². The van der Waals surface area contributed by atoms with Gasteiger partial charge in [-0.25, -0.2) is 9.67 Å². The van der Waals surface area contributed by atoms with E-state index in [4.69, 9.17) is 9.72 Å². The lowest BCUT2D eigenvalue weighted by atomic mass is 10.1. The van der Waals surface area contributed by atoms with E-state index in [1.165, 1.54) is 4.57 Å². The van der Waals surface area contributed by atoms with Gasteiger partial charge in [0.2, 0.25) is 0 Å². The molecule has 0 aliphatic carbocycles. The van der Waals surface area contributed by atoms with Gasteiger partial charge < -0.3 is 4.74 Å². The molecule has 0 spiro atoms. The average molecular weight is 438 g/mol. The van der Waals surface area contributed by atoms with Gasteiger partial charge in [-0.2, -0.15) is 0 Å². The standard InChI is InChI=1S/C26H22N4O3/c1-17-23(26(32)30(28(17)2)19-9-5-4-6-10-19)29-24(18-13-15-20(33-3)16-14-18)27-22-12-8-7-11-21(22)25(29)31/h4-16H,1-3H3. The number of ether oxygens (including phenoxy) is 1. The number of hydrogen-bond acceptors (Lipinski definition) is 4. The van der Waals surface area contributed by atoms with Crippen molar-refractivity contribution < 1.29 is 4.74 Å². The van der Waals surface area contributed by atoms with Crippen molar-refractivity contribution in [3.05, 3.63) is 105 Å². The predicted octanol–water partition coefficient (Wildman–Crippen LogP) is 3.86. The third-order valence-corrected chi connectivity index (χ3v) is 5.87. The normalized spacial score (nSPS) is 11.1. The van der Waals surface area contributed by atoms with Crippen LogP contribution < -0.4 is 15.9 Å². The molecule has 7 heteroatoms. The van der Waals surface area contributed by atoms with Crippen LogP contribution in [0.5, 0.6) is 5.75 Å². The maximum Gasteiger partial charge on any atom is 0.296 e. The Bertz CT molecular complexity index is 1590. The number of aromatic nitrogens is 4. The second kappa shape index (κ2) is 7.94. The van der Waals surface area contributed by atoms with E-state index in [9.17, 15) is 9.59 Å². The van der Waals surface area contributed by atoms with Gasteiger partial charge in [-0.15, -0.1) is 0 Å². The van der Waals surface area contributed by atoms with E-state index < -0.39 is 0 Å². The Hall–Kier alpha value is -4.39. The topological polar surface area (TPSA) is 71.0 Å². The Labute approximate surface area is 189 Å². The fourth-order valence-corrected chi connectivity index (χ4v) is 4.09. The molecule has 2 aromatic heterocycles. The van der Waals surface area contributed by atoms with Crippen LogP contribution in [-0.4, -0.2) is 26.0 Å². The molecule has 0 radical (unpaired) electrons. The fourth-order valence-electron chi connectivity index (χ4n) is 4.09. The Morgan fingerprint density at radius 1 is 0.818 bits per heavy atom. The summed E-state index contributed by atoms with van der Waals surface area (Å²) >= 11 is 0. The Morgan fingerprint density at radius 2 is 1.48 bits per heavy atom. The molecule has 164 valence electrons. The zero-order chi connectivity index (χ0) is 23.1. The Kier molecular flexibility index (Phi) is 4.94. The van der Waals surface area contributed by atoms with Crippen LogP contribution in [0.2, 0.25) is 0 Å². The first-order valence-corrected chi connectivity index (χ1v) is 10.5. The second-order valence-corrected chi connectivity index (χ2v) is 7.73. The minimum atomic E-state index is -0.296. The summed E-state index contributed by atoms with van der Waals surface area (Å²) in [5.74, 6) is 1.09. The van der Waals surface area contributed by atoms with Crippen LogP contribution in [0.25, 0.3) is 33.7 Å². The lowest BCUT2D eigenvalue weighted by Gasteiger charge is -2.13. The molecule has 0 atom stereocenters. The molecule has 2 heterocycles. The summed E-state index contributed by atoms with van der Waals surface area (Å²) in [6.45, 7) is 1.83. The maximum atomic E-state index is 13.7. The zero-order valence-corrected chi connectivity index (χ0v) is 18.5. The van der Waals surface area contributed by atoms with Crippen molar-refractivity contribution in [2.45, 2.75) is 6.92 Å². The maximum absolute atomic E-state index is 13.7. The first-order valence-electron chi connectivity index (χ1n) is 10.5. The molecule has 33 heavy (non-hydrogen) atoms. The lowest BCUT2D eigenvalue weighted by Crippen LogP contribution is -2.28. The summed E-state index contributed by atoms with van der Waals surface area (Å²) in [5.41, 5.74) is 2.32. The van der Waals surface area contributed by atoms with Crippen LogP contribution >= 0.6 is 0 Å². The van der Waals surface area contributed by atoms with Crippen molar-refractivity contribution >= 4 is 10.9 Å². The average Bonchev–Trinajstić information content (AvgIpc) is 3.07. The minimum Gasteiger partial charge on any atom is -0.497 e. The number of benzene rings is 3. The molecule has 0 fully saturated rings. The summed E-state index contributed by atoms with van der Waals surface area (Å²) in [6, 6.07) is 23.8. The molecular formula is C26H22N4O3. The number of fused-ring (bicyclic) bond motifs is 1. The highest BCUT2D eigenvalue weighted by Crippen LogP contribution is 2.25. The molecule has 7 nitrogen and oxygen atoms in total. The van der Waals surface area contributed by atoms with Gasteiger partial charge in [0.15, 0.2) is 0 Å². The molecule has 0 amide bonds. The van der Waals surface area contributed by atoms with Gasteiger partial charge in [-0.1, -0.05) is 30.3 Å². The van der Waals surface area contributed by atoms with Crippen LogP contribution in [-0.2, 0) is 7.05 Å². The first-order chi connectivity index (χ1) is 16.0. The van der Waals surface area contributed by atoms with Crippen molar-refractivity contribution in [3.63, 3.8) is 0 Å². The number of methoxy groups -OCH3 is 1. The molecular weight excluding hydrogens is 416 g/mol. The number of rotatable bonds is 4. The first kappa shape index (κ1) is 20.5. The van der Waals surface area contributed by atoms with Crippen LogP contribution in [0.15, 0.2) is 88.5 Å². The zero-order valence-electron chi connectivity index (χ0n) is 18.5. The fraction of sp³-hybridized carbons (Fsp3) is 0.115. The molecule has 0 aliphatic heterocycles. The third kappa shape index (κ3) is 3.25. The number of para-hydroxylation sites is 2. The summed E-state index contributed by atoms with van der Waals surface area (Å²) in [4.78, 5) is 32.3. The Balaban J connectivity index is 1.88. The van der Waals surface area contributed by atoms with E-state index in [1.807, 2.05) is 55.5 Å². The third-order valence-electron chi connectivity index (χ3n) is 5.87. The SMILES string of the molecule is COc1ccc(-c2nc3ccccc3c(=O)n2-c2c(C)n(C)n(-c3ccccc3)c2=O)cc1. The summed E-state index contributed by atoms with van der Waals surface area (Å²) in [5, 5.41) is 0.448. The Morgan fingerprint density at radius 3 is 2.18 bits per heavy atom. The van der Waals surface area contributed by atoms with E-state index in [0.29, 0.717) is 39.4 Å². The second-order valence-electron chi connectivity index (χ2n) is 7.73. The number of nitrogens with zero attached hydrogens (tertiary/aromatic N) is 4. The van der Waals surface area contributed by atoms with Crippen LogP contribution in [0.1, 0.15) is 5.69 Å². The van der Waals surface area contributed by atoms with Crippen LogP contribution in [0.3, 0.4) is 0 Å². The van der Waals surface area contributed by atoms with Gasteiger partial charge in [-0.05, 0) is 55.5 Å². The molecule has 3 aromatic carbocycles. The van der Waals surface area contributed by atoms with Crippen molar-refractivity contribution in [3.8, 4) is 28.5 Å². The van der Waals surface area contributed by atoms with E-state index >= 15 is 0 Å². The quantitative estimate of drug-likeness (QED) is 0.427. The van der Waals surface area contributed by atoms with E-state index in [-0.39, 0.29) is 16.8 Å². The van der Waals surface area contributed by atoms with Gasteiger partial charge in [0, 0.05) is 12.6 Å². The minimum absolute atomic E-state index is 0.274. The molecule has 0 aliphatic rings. The van der Waals surface area contributed by atoms with Crippen LogP contribution in [0, 0.1) is 6.92 Å². The van der Waals surface area contributed by atoms with Crippen molar-refractivity contribution in [1.82, 2.24) is 18.9 Å². The van der Waals surface area contributed by atoms with E-state index in [0.717, 1.165) is 0 Å². The number of hydrogen-bond donors (Lipinski definition) is 0. The lowest BCUT2D eigenvalue weighted by molar-refractivity contribution is 0.415. The molecule has 0 saturated carbocycles. The molecule has 0 bridgehead atoms. The summed E-state index contributed by atoms with van der Waals surface area (Å²) in [6.07, 6.45) is 0. The van der Waals surface area contributed by atoms with Gasteiger partial charge >= 0.3 is 0 Å². The van der Waals surface area contributed by atoms with Crippen LogP contribution in [0.4, 0.5) is 0 Å². The summed E-state index contributed by atoms with van der Waals surface area (Å²) in [7, 11) is 3.40. The van der Waals surface area contributed by atoms with Crippen molar-refractivity contribution in [2.24, 2.45) is 7.05 Å². The van der Waals surface area contributed by atoms with E-state index in [2.05, 4.69) is 0 Å². The summed E-state index contributed by atoms with van der Waals surface area (Å²) < 4.78 is 10.0. The molecule has 5 aromatic rings. The highest BCUT2D eigenvalue weighted by atomic mass is 16.5. The molecule has 5 rings (SSSR count). The van der Waals surface area contributed by atoms with E-state index in [1.54, 1.807) is 53.9 Å². The largest absolute Gasteiger partial charge is 0.497 e. The highest BCUT2D eigenvalue weighted by molar-refractivity contribution is 5.80.